The van der Waals surface area contributed by atoms with Crippen molar-refractivity contribution in [3.63, 3.8) is 0 Å². The normalized spacial score (nSPS) is 10.5. The van der Waals surface area contributed by atoms with Gasteiger partial charge in [-0.3, -0.25) is 10.2 Å². The van der Waals surface area contributed by atoms with Crippen molar-refractivity contribution in [3.8, 4) is 0 Å². The number of fused-ring (bicyclic) bond motifs is 1. The van der Waals surface area contributed by atoms with E-state index in [0.717, 1.165) is 23.3 Å². The average molecular weight is 259 g/mol. The van der Waals surface area contributed by atoms with Crippen molar-refractivity contribution in [1.29, 1.82) is 0 Å². The van der Waals surface area contributed by atoms with Gasteiger partial charge in [-0.05, 0) is 27.7 Å². The molecule has 2 rings (SSSR count). The molecular weight excluding hydrogens is 242 g/mol. The van der Waals surface area contributed by atoms with Gasteiger partial charge < -0.3 is 0 Å². The van der Waals surface area contributed by atoms with E-state index >= 15 is 0 Å². The van der Waals surface area contributed by atoms with Gasteiger partial charge in [0.05, 0.1) is 22.8 Å². The SMILES string of the molecule is CCn1ncc2c(NN=C(C)C)c(C(C)=O)cnc21. The molecule has 0 aliphatic rings. The number of nitrogens with one attached hydrogen (secondary N) is 1. The number of carbonyl (C=O) groups excluding carboxylic acids is 1. The molecule has 2 heterocycles. The van der Waals surface area contributed by atoms with Crippen molar-refractivity contribution < 1.29 is 4.79 Å². The fourth-order valence-corrected chi connectivity index (χ4v) is 1.81. The first-order valence-electron chi connectivity index (χ1n) is 6.17. The molecule has 0 radical (unpaired) electrons. The maximum atomic E-state index is 11.7. The topological polar surface area (TPSA) is 72.2 Å². The number of anilines is 1. The number of hydrogen-bond donors (Lipinski definition) is 1. The van der Waals surface area contributed by atoms with Crippen LogP contribution in [-0.4, -0.2) is 26.3 Å². The van der Waals surface area contributed by atoms with E-state index in [1.54, 1.807) is 17.1 Å². The Kier molecular flexibility index (Phi) is 3.59. The maximum Gasteiger partial charge on any atom is 0.163 e. The van der Waals surface area contributed by atoms with Gasteiger partial charge in [0.2, 0.25) is 0 Å². The first-order chi connectivity index (χ1) is 9.04. The molecule has 100 valence electrons. The van der Waals surface area contributed by atoms with Crippen LogP contribution in [0.4, 0.5) is 5.69 Å². The van der Waals surface area contributed by atoms with Crippen molar-refractivity contribution in [2.75, 3.05) is 5.43 Å². The average Bonchev–Trinajstić information content (AvgIpc) is 2.78. The van der Waals surface area contributed by atoms with Crippen LogP contribution in [0.3, 0.4) is 0 Å². The molecule has 19 heavy (non-hydrogen) atoms. The van der Waals surface area contributed by atoms with Crippen molar-refractivity contribution >= 4 is 28.2 Å². The molecule has 0 saturated carbocycles. The van der Waals surface area contributed by atoms with E-state index in [0.29, 0.717) is 11.3 Å². The first kappa shape index (κ1) is 13.2. The minimum Gasteiger partial charge on any atom is -0.294 e. The second kappa shape index (κ2) is 5.17. The molecular formula is C13H17N5O. The Hall–Kier alpha value is -2.24. The highest BCUT2D eigenvalue weighted by Gasteiger charge is 2.15. The number of hydrazone groups is 1. The molecule has 0 aliphatic heterocycles. The summed E-state index contributed by atoms with van der Waals surface area (Å²) in [4.78, 5) is 16.0. The third-order valence-corrected chi connectivity index (χ3v) is 2.74. The summed E-state index contributed by atoms with van der Waals surface area (Å²) in [5.74, 6) is -0.0508. The predicted octanol–water partition coefficient (Wildman–Crippen LogP) is 2.46. The number of ketones is 1. The lowest BCUT2D eigenvalue weighted by atomic mass is 10.1. The molecule has 0 spiro atoms. The van der Waals surface area contributed by atoms with Crippen molar-refractivity contribution in [1.82, 2.24) is 14.8 Å². The van der Waals surface area contributed by atoms with Gasteiger partial charge in [0.1, 0.15) is 0 Å². The zero-order chi connectivity index (χ0) is 14.0. The van der Waals surface area contributed by atoms with Gasteiger partial charge in [-0.1, -0.05) is 0 Å². The molecule has 0 aromatic carbocycles. The third kappa shape index (κ3) is 2.47. The molecule has 2 aromatic rings. The molecule has 0 bridgehead atoms. The second-order valence-corrected chi connectivity index (χ2v) is 4.47. The smallest absolute Gasteiger partial charge is 0.163 e. The van der Waals surface area contributed by atoms with Gasteiger partial charge in [-0.25, -0.2) is 9.67 Å². The Morgan fingerprint density at radius 1 is 1.37 bits per heavy atom. The summed E-state index contributed by atoms with van der Waals surface area (Å²) in [6, 6.07) is 0. The summed E-state index contributed by atoms with van der Waals surface area (Å²) in [6.07, 6.45) is 3.28. The van der Waals surface area contributed by atoms with Crippen LogP contribution in [0.1, 0.15) is 38.1 Å². The van der Waals surface area contributed by atoms with Crippen LogP contribution in [-0.2, 0) is 6.54 Å². The third-order valence-electron chi connectivity index (χ3n) is 2.74. The summed E-state index contributed by atoms with van der Waals surface area (Å²) in [7, 11) is 0. The molecule has 0 saturated heterocycles. The minimum absolute atomic E-state index is 0.0508. The maximum absolute atomic E-state index is 11.7. The number of aryl methyl sites for hydroxylation is 1. The van der Waals surface area contributed by atoms with E-state index in [1.165, 1.54) is 6.92 Å². The standard InChI is InChI=1S/C13H17N5O/c1-5-18-13-11(7-15-18)12(17-16-8(2)3)10(6-14-13)9(4)19/h6-7H,5H2,1-4H3,(H,14,17). The zero-order valence-electron chi connectivity index (χ0n) is 11.6. The van der Waals surface area contributed by atoms with E-state index < -0.39 is 0 Å². The minimum atomic E-state index is -0.0508. The molecule has 0 fully saturated rings. The molecule has 0 atom stereocenters. The van der Waals surface area contributed by atoms with E-state index in [1.807, 2.05) is 20.8 Å². The Morgan fingerprint density at radius 2 is 2.11 bits per heavy atom. The number of carbonyl (C=O) groups is 1. The number of pyridine rings is 1. The Balaban J connectivity index is 2.66. The summed E-state index contributed by atoms with van der Waals surface area (Å²) in [5.41, 5.74) is 5.76. The fourth-order valence-electron chi connectivity index (χ4n) is 1.81. The Morgan fingerprint density at radius 3 is 2.68 bits per heavy atom. The van der Waals surface area contributed by atoms with Crippen molar-refractivity contribution in [2.24, 2.45) is 5.10 Å². The quantitative estimate of drug-likeness (QED) is 0.520. The van der Waals surface area contributed by atoms with E-state index in [9.17, 15) is 4.79 Å². The van der Waals surface area contributed by atoms with E-state index in [2.05, 4.69) is 20.6 Å². The number of nitrogens with zero attached hydrogens (tertiary/aromatic N) is 4. The van der Waals surface area contributed by atoms with Gasteiger partial charge in [0.25, 0.3) is 0 Å². The molecule has 6 heteroatoms. The van der Waals surface area contributed by atoms with Crippen LogP contribution >= 0.6 is 0 Å². The largest absolute Gasteiger partial charge is 0.294 e. The van der Waals surface area contributed by atoms with Crippen LogP contribution in [0.25, 0.3) is 11.0 Å². The summed E-state index contributed by atoms with van der Waals surface area (Å²) in [6.45, 7) is 8.00. The number of hydrogen-bond acceptors (Lipinski definition) is 5. The number of rotatable bonds is 4. The van der Waals surface area contributed by atoms with Crippen LogP contribution in [0, 0.1) is 0 Å². The second-order valence-electron chi connectivity index (χ2n) is 4.47. The highest BCUT2D eigenvalue weighted by Crippen LogP contribution is 2.26. The lowest BCUT2D eigenvalue weighted by Crippen LogP contribution is -2.04. The number of Topliss-reactive ketones (excluding diaryl/α,β-unsaturated/α-hetero) is 1. The summed E-state index contributed by atoms with van der Waals surface area (Å²) in [5, 5.41) is 9.23. The Labute approximate surface area is 111 Å². The van der Waals surface area contributed by atoms with Gasteiger partial charge in [0, 0.05) is 18.5 Å². The van der Waals surface area contributed by atoms with Crippen LogP contribution in [0.15, 0.2) is 17.5 Å². The monoisotopic (exact) mass is 259 g/mol. The van der Waals surface area contributed by atoms with Gasteiger partial charge >= 0.3 is 0 Å². The van der Waals surface area contributed by atoms with Gasteiger partial charge in [-0.2, -0.15) is 10.2 Å². The van der Waals surface area contributed by atoms with Crippen molar-refractivity contribution in [3.05, 3.63) is 18.0 Å². The first-order valence-corrected chi connectivity index (χ1v) is 6.17. The predicted molar refractivity (Wildman–Crippen MR) is 75.6 cm³/mol. The van der Waals surface area contributed by atoms with Crippen LogP contribution < -0.4 is 5.43 Å². The molecule has 0 amide bonds. The van der Waals surface area contributed by atoms with Crippen LogP contribution in [0.5, 0.6) is 0 Å². The molecule has 0 aliphatic carbocycles. The molecule has 2 aromatic heterocycles. The number of aromatic nitrogens is 3. The van der Waals surface area contributed by atoms with Gasteiger partial charge in [0.15, 0.2) is 11.4 Å². The Bertz CT molecular complexity index is 652. The lowest BCUT2D eigenvalue weighted by molar-refractivity contribution is 0.101. The highest BCUT2D eigenvalue weighted by atomic mass is 16.1. The molecule has 1 N–H and O–H groups in total. The lowest BCUT2D eigenvalue weighted by Gasteiger charge is -2.08. The molecule has 0 unspecified atom stereocenters. The fraction of sp³-hybridized carbons (Fsp3) is 0.385. The van der Waals surface area contributed by atoms with Crippen molar-refractivity contribution in [2.45, 2.75) is 34.2 Å². The zero-order valence-corrected chi connectivity index (χ0v) is 11.6. The van der Waals surface area contributed by atoms with E-state index in [-0.39, 0.29) is 5.78 Å². The highest BCUT2D eigenvalue weighted by molar-refractivity contribution is 6.06. The van der Waals surface area contributed by atoms with E-state index in [4.69, 9.17) is 0 Å². The van der Waals surface area contributed by atoms with Crippen LogP contribution in [0.2, 0.25) is 0 Å². The van der Waals surface area contributed by atoms with Gasteiger partial charge in [-0.15, -0.1) is 0 Å². The summed E-state index contributed by atoms with van der Waals surface area (Å²) >= 11 is 0. The molecule has 6 nitrogen and oxygen atoms in total. The summed E-state index contributed by atoms with van der Waals surface area (Å²) < 4.78 is 1.78.